The molecule has 0 fully saturated rings. The van der Waals surface area contributed by atoms with Gasteiger partial charge in [-0.05, 0) is 207 Å². The first-order valence-corrected chi connectivity index (χ1v) is 62.1. The maximum Gasteiger partial charge on any atom is 0.469 e. The van der Waals surface area contributed by atoms with Crippen LogP contribution in [0.2, 0.25) is 187 Å². The summed E-state index contributed by atoms with van der Waals surface area (Å²) >= 11 is 0. The van der Waals surface area contributed by atoms with Gasteiger partial charge in [-0.15, -0.1) is 0 Å². The molecule has 0 aromatic heterocycles. The molecule has 0 radical (unpaired) electrons. The number of hydrogen-bond acceptors (Lipinski definition) is 12. The topological polar surface area (TPSA) is 214 Å². The van der Waals surface area contributed by atoms with Crippen LogP contribution in [0.25, 0.3) is 0 Å². The van der Waals surface area contributed by atoms with E-state index in [0.717, 1.165) is 0 Å². The van der Waals surface area contributed by atoms with Crippen molar-refractivity contribution in [3.8, 4) is 0 Å². The standard InChI is InChI=1S/C45H106N6O12Si12/c1-26-64(55)39-73(56-65(2,3)4,57-66(5,6)7)33-27-30-46-43(52)49-40-36-41(50-44(53)47-31-28-34-74(58-67(8,9)10,59-68(11,12)13)60-69(14,15)16)38-42(37-40)51-45(54)48-32-29-35-75(61-70(17,18)19,62-71(20,21)22)63-72(23,24)25/h36-38H,26-35,39H2,1-25H3,(H2,46,49,52)(H2,47,50,53)(H2,48,51,54). The van der Waals surface area contributed by atoms with Gasteiger partial charge in [0, 0.05) is 54.5 Å². The smallest absolute Gasteiger partial charge is 0.436 e. The van der Waals surface area contributed by atoms with Gasteiger partial charge < -0.3 is 69.3 Å². The van der Waals surface area contributed by atoms with Crippen molar-refractivity contribution in [2.45, 2.75) is 213 Å². The van der Waals surface area contributed by atoms with E-state index >= 15 is 0 Å². The summed E-state index contributed by atoms with van der Waals surface area (Å²) in [6.45, 7) is 54.4. The lowest BCUT2D eigenvalue weighted by Gasteiger charge is -2.43. The molecule has 0 heterocycles. The number of urea groups is 3. The number of anilines is 3. The predicted octanol–water partition coefficient (Wildman–Crippen LogP) is 13.3. The molecule has 0 aliphatic carbocycles. The van der Waals surface area contributed by atoms with E-state index in [1.165, 1.54) is 0 Å². The molecule has 1 rings (SSSR count). The van der Waals surface area contributed by atoms with Crippen LogP contribution >= 0.6 is 0 Å². The van der Waals surface area contributed by atoms with Gasteiger partial charge in [-0.1, -0.05) is 6.92 Å². The number of hydrogen-bond donors (Lipinski definition) is 6. The Labute approximate surface area is 468 Å². The van der Waals surface area contributed by atoms with Gasteiger partial charge in [0.2, 0.25) is 0 Å². The summed E-state index contributed by atoms with van der Waals surface area (Å²) in [5.41, 5.74) is 1.50. The lowest BCUT2D eigenvalue weighted by atomic mass is 10.2. The van der Waals surface area contributed by atoms with Crippen LogP contribution < -0.4 is 31.9 Å². The summed E-state index contributed by atoms with van der Waals surface area (Å²) < 4.78 is 67.8. The van der Waals surface area contributed by atoms with E-state index < -0.39 is 119 Å². The van der Waals surface area contributed by atoms with Crippen LogP contribution in [0.1, 0.15) is 26.2 Å². The quantitative estimate of drug-likeness (QED) is 0.0281. The summed E-state index contributed by atoms with van der Waals surface area (Å²) in [5.74, 6) is 0. The van der Waals surface area contributed by atoms with E-state index in [4.69, 9.17) is 32.9 Å². The first-order chi connectivity index (χ1) is 33.5. The van der Waals surface area contributed by atoms with Crippen LogP contribution in [-0.4, -0.2) is 139 Å². The molecule has 6 amide bonds. The minimum Gasteiger partial charge on any atom is -0.436 e. The van der Waals surface area contributed by atoms with Crippen molar-refractivity contribution in [3.63, 3.8) is 0 Å². The highest BCUT2D eigenvalue weighted by atomic mass is 28.5. The number of carbonyl (C=O) groups is 3. The Hall–Kier alpha value is -0.887. The number of benzene rings is 1. The second-order valence-electron chi connectivity index (χ2n) is 27.3. The third kappa shape index (κ3) is 35.5. The highest BCUT2D eigenvalue weighted by Gasteiger charge is 2.51. The molecule has 30 heteroatoms. The molecule has 0 aliphatic rings. The Morgan fingerprint density at radius 3 is 0.827 bits per heavy atom. The molecule has 0 saturated heterocycles. The minimum absolute atomic E-state index is 0.323. The Kier molecular flexibility index (Phi) is 28.1. The molecule has 0 atom stereocenters. The van der Waals surface area contributed by atoms with Crippen LogP contribution in [0.3, 0.4) is 0 Å². The largest absolute Gasteiger partial charge is 0.469 e. The Bertz CT molecular complexity index is 1800. The fourth-order valence-corrected chi connectivity index (χ4v) is 54.3. The SMILES string of the molecule is CC[Si](=O)C[Si](CCCNC(=O)Nc1cc(NC(=O)NCCC[Si](O[Si](C)(C)C)(O[Si](C)(C)C)O[Si](C)(C)C)cc(NC(=O)NCCC[Si](O[Si](C)(C)C)(O[Si](C)(C)C)O[Si](C)(C)C)c1)(O[Si](C)(C)C)O[Si](C)(C)C. The Morgan fingerprint density at radius 1 is 0.387 bits per heavy atom. The number of rotatable bonds is 34. The highest BCUT2D eigenvalue weighted by Crippen LogP contribution is 2.33. The van der Waals surface area contributed by atoms with Gasteiger partial charge in [0.15, 0.2) is 66.5 Å². The molecule has 18 nitrogen and oxygen atoms in total. The van der Waals surface area contributed by atoms with Crippen LogP contribution in [0.15, 0.2) is 18.2 Å². The normalized spacial score (nSPS) is 13.8. The van der Waals surface area contributed by atoms with Gasteiger partial charge in [-0.25, -0.2) is 14.4 Å². The Morgan fingerprint density at radius 2 is 0.613 bits per heavy atom. The molecule has 0 bridgehead atoms. The number of nitrogens with one attached hydrogen (secondary N) is 6. The van der Waals surface area contributed by atoms with Crippen molar-refractivity contribution in [2.75, 3.05) is 35.6 Å². The van der Waals surface area contributed by atoms with Crippen molar-refractivity contribution in [2.24, 2.45) is 0 Å². The molecule has 436 valence electrons. The molecule has 75 heavy (non-hydrogen) atoms. The maximum absolute atomic E-state index is 13.6. The molecule has 0 aliphatic heterocycles. The van der Waals surface area contributed by atoms with Gasteiger partial charge in [-0.2, -0.15) is 0 Å². The highest BCUT2D eigenvalue weighted by molar-refractivity contribution is 6.93. The second kappa shape index (κ2) is 29.2. The van der Waals surface area contributed by atoms with Crippen LogP contribution in [0.4, 0.5) is 31.4 Å². The summed E-state index contributed by atoms with van der Waals surface area (Å²) in [6.07, 6.45) is 1.73. The lowest BCUT2D eigenvalue weighted by molar-refractivity contribution is 0.245. The molecule has 6 N–H and O–H groups in total. The van der Waals surface area contributed by atoms with E-state index in [1.807, 2.05) is 6.92 Å². The first-order valence-electron chi connectivity index (χ1n) is 27.0. The molecule has 0 unspecified atom stereocenters. The fraction of sp³-hybridized carbons (Fsp3) is 0.800. The van der Waals surface area contributed by atoms with Crippen molar-refractivity contribution in [3.05, 3.63) is 18.2 Å². The van der Waals surface area contributed by atoms with E-state index in [2.05, 4.69) is 189 Å². The van der Waals surface area contributed by atoms with Gasteiger partial charge >= 0.3 is 44.3 Å². The zero-order valence-electron chi connectivity index (χ0n) is 51.4. The van der Waals surface area contributed by atoms with Crippen molar-refractivity contribution >= 4 is 137 Å². The molecular weight excluding hydrogens is 1150 g/mol. The fourth-order valence-electron chi connectivity index (χ4n) is 8.00. The van der Waals surface area contributed by atoms with Gasteiger partial charge in [0.25, 0.3) is 8.68 Å². The third-order valence-electron chi connectivity index (χ3n) is 9.23. The number of carbonyl (C=O) groups excluding carboxylic acids is 3. The molecule has 1 aromatic carbocycles. The average Bonchev–Trinajstić information content (AvgIpc) is 3.11. The van der Waals surface area contributed by atoms with Crippen molar-refractivity contribution in [1.82, 2.24) is 16.0 Å². The molecule has 0 saturated carbocycles. The average molecular weight is 1260 g/mol. The first kappa shape index (κ1) is 72.1. The summed E-state index contributed by atoms with van der Waals surface area (Å²) in [5, 5.41) is 17.7. The monoisotopic (exact) mass is 1260 g/mol. The van der Waals surface area contributed by atoms with E-state index in [0.29, 0.717) is 85.8 Å². The van der Waals surface area contributed by atoms with E-state index in [1.54, 1.807) is 18.2 Å². The molecule has 1 aromatic rings. The zero-order valence-corrected chi connectivity index (χ0v) is 63.4. The molecular formula is C45H106N6O12Si12. The maximum atomic E-state index is 13.6. The number of amides is 6. The van der Waals surface area contributed by atoms with Crippen LogP contribution in [0, 0.1) is 0 Å². The second-order valence-corrected chi connectivity index (χ2v) is 76.9. The minimum atomic E-state index is -3.10. The van der Waals surface area contributed by atoms with E-state index in [-0.39, 0.29) is 0 Å². The molecule has 0 spiro atoms. The summed E-state index contributed by atoms with van der Waals surface area (Å²) in [4.78, 5) is 40.7. The Balaban J connectivity index is 3.44. The lowest BCUT2D eigenvalue weighted by Crippen LogP contribution is -2.60. The van der Waals surface area contributed by atoms with Crippen molar-refractivity contribution < 1.29 is 51.8 Å². The van der Waals surface area contributed by atoms with Crippen LogP contribution in [0.5, 0.6) is 0 Å². The van der Waals surface area contributed by atoms with Gasteiger partial charge in [0.1, 0.15) is 0 Å². The predicted molar refractivity (Wildman–Crippen MR) is 340 cm³/mol. The van der Waals surface area contributed by atoms with E-state index in [9.17, 15) is 18.8 Å². The zero-order chi connectivity index (χ0) is 58.3. The summed E-state index contributed by atoms with van der Waals surface area (Å²) in [7, 11) is -27.6. The third-order valence-corrected chi connectivity index (χ3v) is 46.8. The van der Waals surface area contributed by atoms with Gasteiger partial charge in [0.05, 0.1) is 0 Å². The van der Waals surface area contributed by atoms with Crippen LogP contribution in [-0.2, 0) is 37.4 Å². The van der Waals surface area contributed by atoms with Crippen molar-refractivity contribution in [1.29, 1.82) is 0 Å². The van der Waals surface area contributed by atoms with Gasteiger partial charge in [-0.3, -0.25) is 0 Å². The summed E-state index contributed by atoms with van der Waals surface area (Å²) in [6, 6.07) is 5.84.